The number of hydrogen-bond donors (Lipinski definition) is 0. The van der Waals surface area contributed by atoms with Crippen LogP contribution in [-0.4, -0.2) is 19.9 Å². The van der Waals surface area contributed by atoms with Crippen molar-refractivity contribution in [3.05, 3.63) is 78.1 Å². The lowest BCUT2D eigenvalue weighted by atomic mass is 10.2. The van der Waals surface area contributed by atoms with Crippen molar-refractivity contribution in [1.82, 2.24) is 19.9 Å². The molecule has 28 heavy (non-hydrogen) atoms. The van der Waals surface area contributed by atoms with E-state index in [0.717, 1.165) is 34.7 Å². The summed E-state index contributed by atoms with van der Waals surface area (Å²) in [5.74, 6) is 2.46. The number of rotatable bonds is 6. The van der Waals surface area contributed by atoms with Gasteiger partial charge in [0, 0.05) is 35.3 Å². The van der Waals surface area contributed by atoms with Gasteiger partial charge in [-0.1, -0.05) is 25.1 Å². The van der Waals surface area contributed by atoms with E-state index in [9.17, 15) is 0 Å². The van der Waals surface area contributed by atoms with Crippen LogP contribution in [0.5, 0.6) is 5.88 Å². The molecule has 0 saturated heterocycles. The Bertz CT molecular complexity index is 1060. The van der Waals surface area contributed by atoms with Crippen LogP contribution < -0.4 is 4.74 Å². The van der Waals surface area contributed by atoms with Crippen molar-refractivity contribution in [3.8, 4) is 28.7 Å². The molecule has 0 unspecified atom stereocenters. The predicted octanol–water partition coefficient (Wildman–Crippen LogP) is 4.64. The number of aryl methyl sites for hydroxylation is 2. The maximum Gasteiger partial charge on any atom is 0.226 e. The quantitative estimate of drug-likeness (QED) is 0.491. The van der Waals surface area contributed by atoms with Crippen molar-refractivity contribution in [2.45, 2.75) is 26.9 Å². The third-order valence-corrected chi connectivity index (χ3v) is 4.33. The van der Waals surface area contributed by atoms with Crippen LogP contribution in [0.25, 0.3) is 22.8 Å². The molecule has 0 atom stereocenters. The van der Waals surface area contributed by atoms with E-state index in [2.05, 4.69) is 26.9 Å². The normalized spacial score (nSPS) is 10.8. The van der Waals surface area contributed by atoms with Crippen molar-refractivity contribution in [2.75, 3.05) is 0 Å². The highest BCUT2D eigenvalue weighted by molar-refractivity contribution is 5.55. The Labute approximate surface area is 163 Å². The van der Waals surface area contributed by atoms with Gasteiger partial charge in [-0.05, 0) is 37.6 Å². The Morgan fingerprint density at radius 2 is 1.71 bits per heavy atom. The molecule has 4 aromatic rings. The lowest BCUT2D eigenvalue weighted by Gasteiger charge is -2.08. The molecule has 4 rings (SSSR count). The van der Waals surface area contributed by atoms with Crippen LogP contribution >= 0.6 is 0 Å². The third kappa shape index (κ3) is 3.91. The Morgan fingerprint density at radius 3 is 2.46 bits per heavy atom. The zero-order chi connectivity index (χ0) is 19.3. The van der Waals surface area contributed by atoms with Crippen LogP contribution in [0.2, 0.25) is 0 Å². The van der Waals surface area contributed by atoms with Crippen LogP contribution in [0.1, 0.15) is 24.1 Å². The first-order valence-electron chi connectivity index (χ1n) is 9.16. The zero-order valence-electron chi connectivity index (χ0n) is 15.8. The highest BCUT2D eigenvalue weighted by Gasteiger charge is 2.13. The first kappa shape index (κ1) is 17.9. The van der Waals surface area contributed by atoms with E-state index in [4.69, 9.17) is 9.15 Å². The van der Waals surface area contributed by atoms with Gasteiger partial charge in [0.2, 0.25) is 11.8 Å². The number of hydrogen-bond acceptors (Lipinski definition) is 6. The second-order valence-corrected chi connectivity index (χ2v) is 6.29. The summed E-state index contributed by atoms with van der Waals surface area (Å²) in [6.45, 7) is 4.21. The molecule has 1 aromatic carbocycles. The van der Waals surface area contributed by atoms with Crippen LogP contribution in [0.4, 0.5) is 0 Å². The summed E-state index contributed by atoms with van der Waals surface area (Å²) in [5.41, 5.74) is 3.51. The van der Waals surface area contributed by atoms with Crippen LogP contribution in [-0.2, 0) is 13.0 Å². The largest absolute Gasteiger partial charge is 0.471 e. The average Bonchev–Trinajstić information content (AvgIpc) is 3.14. The second kappa shape index (κ2) is 8.00. The first-order chi connectivity index (χ1) is 13.7. The number of oxazole rings is 1. The number of pyridine rings is 1. The maximum absolute atomic E-state index is 5.94. The SMILES string of the molecule is CCc1cc(OCc2nc(-c3ccccc3)oc2C)nc(-c2ccncc2)n1. The number of ether oxygens (including phenoxy) is 1. The van der Waals surface area contributed by atoms with Gasteiger partial charge in [-0.2, -0.15) is 4.98 Å². The molecular formula is C22H20N4O2. The van der Waals surface area contributed by atoms with Crippen molar-refractivity contribution in [3.63, 3.8) is 0 Å². The van der Waals surface area contributed by atoms with Gasteiger partial charge in [0.1, 0.15) is 18.1 Å². The summed E-state index contributed by atoms with van der Waals surface area (Å²) < 4.78 is 11.7. The highest BCUT2D eigenvalue weighted by Crippen LogP contribution is 2.23. The van der Waals surface area contributed by atoms with E-state index in [1.54, 1.807) is 12.4 Å². The van der Waals surface area contributed by atoms with E-state index >= 15 is 0 Å². The second-order valence-electron chi connectivity index (χ2n) is 6.29. The van der Waals surface area contributed by atoms with Gasteiger partial charge in [-0.3, -0.25) is 4.98 Å². The molecule has 0 N–H and O–H groups in total. The van der Waals surface area contributed by atoms with Crippen LogP contribution in [0.3, 0.4) is 0 Å². The molecule has 0 fully saturated rings. The average molecular weight is 372 g/mol. The fourth-order valence-electron chi connectivity index (χ4n) is 2.77. The molecule has 0 saturated carbocycles. The van der Waals surface area contributed by atoms with Crippen LogP contribution in [0, 0.1) is 6.92 Å². The smallest absolute Gasteiger partial charge is 0.226 e. The molecule has 6 nitrogen and oxygen atoms in total. The van der Waals surface area contributed by atoms with Crippen molar-refractivity contribution in [1.29, 1.82) is 0 Å². The fraction of sp³-hybridized carbons (Fsp3) is 0.182. The van der Waals surface area contributed by atoms with Gasteiger partial charge in [0.05, 0.1) is 0 Å². The molecule has 140 valence electrons. The molecule has 0 aliphatic rings. The molecule has 0 aliphatic heterocycles. The molecule has 0 amide bonds. The number of benzene rings is 1. The lowest BCUT2D eigenvalue weighted by molar-refractivity contribution is 0.287. The zero-order valence-corrected chi connectivity index (χ0v) is 15.8. The topological polar surface area (TPSA) is 73.9 Å². The lowest BCUT2D eigenvalue weighted by Crippen LogP contribution is -2.03. The summed E-state index contributed by atoms with van der Waals surface area (Å²) in [5, 5.41) is 0. The minimum atomic E-state index is 0.276. The van der Waals surface area contributed by atoms with E-state index in [0.29, 0.717) is 17.6 Å². The monoisotopic (exact) mass is 372 g/mol. The molecule has 3 heterocycles. The summed E-state index contributed by atoms with van der Waals surface area (Å²) in [6.07, 6.45) is 4.24. The van der Waals surface area contributed by atoms with Crippen molar-refractivity contribution < 1.29 is 9.15 Å². The standard InChI is InChI=1S/C22H20N4O2/c1-3-18-13-20(26-21(24-18)16-9-11-23-12-10-16)27-14-19-15(2)28-22(25-19)17-7-5-4-6-8-17/h4-13H,3,14H2,1-2H3. The summed E-state index contributed by atoms with van der Waals surface area (Å²) >= 11 is 0. The molecule has 0 radical (unpaired) electrons. The van der Waals surface area contributed by atoms with E-state index < -0.39 is 0 Å². The Kier molecular flexibility index (Phi) is 5.10. The van der Waals surface area contributed by atoms with Gasteiger partial charge in [0.25, 0.3) is 0 Å². The number of aromatic nitrogens is 4. The van der Waals surface area contributed by atoms with Crippen LogP contribution in [0.15, 0.2) is 65.3 Å². The Balaban J connectivity index is 1.56. The van der Waals surface area contributed by atoms with Crippen molar-refractivity contribution >= 4 is 0 Å². The summed E-state index contributed by atoms with van der Waals surface area (Å²) in [4.78, 5) is 17.7. The highest BCUT2D eigenvalue weighted by atomic mass is 16.5. The predicted molar refractivity (Wildman–Crippen MR) is 106 cm³/mol. The molecule has 3 aromatic heterocycles. The minimum Gasteiger partial charge on any atom is -0.471 e. The van der Waals surface area contributed by atoms with E-state index in [1.165, 1.54) is 0 Å². The van der Waals surface area contributed by atoms with E-state index in [1.807, 2.05) is 55.5 Å². The maximum atomic E-state index is 5.94. The fourth-order valence-corrected chi connectivity index (χ4v) is 2.77. The van der Waals surface area contributed by atoms with Crippen molar-refractivity contribution in [2.24, 2.45) is 0 Å². The first-order valence-corrected chi connectivity index (χ1v) is 9.16. The molecule has 0 aliphatic carbocycles. The third-order valence-electron chi connectivity index (χ3n) is 4.33. The van der Waals surface area contributed by atoms with Gasteiger partial charge < -0.3 is 9.15 Å². The summed E-state index contributed by atoms with van der Waals surface area (Å²) in [6, 6.07) is 15.4. The molecule has 6 heteroatoms. The Morgan fingerprint density at radius 1 is 0.929 bits per heavy atom. The minimum absolute atomic E-state index is 0.276. The van der Waals surface area contributed by atoms with Gasteiger partial charge in [-0.25, -0.2) is 9.97 Å². The molecule has 0 bridgehead atoms. The van der Waals surface area contributed by atoms with Gasteiger partial charge >= 0.3 is 0 Å². The number of nitrogens with zero attached hydrogens (tertiary/aromatic N) is 4. The molecular weight excluding hydrogens is 352 g/mol. The van der Waals surface area contributed by atoms with Gasteiger partial charge in [0.15, 0.2) is 5.82 Å². The molecule has 0 spiro atoms. The van der Waals surface area contributed by atoms with E-state index in [-0.39, 0.29) is 6.61 Å². The summed E-state index contributed by atoms with van der Waals surface area (Å²) in [7, 11) is 0. The Hall–Kier alpha value is -3.54. The van der Waals surface area contributed by atoms with Gasteiger partial charge in [-0.15, -0.1) is 0 Å².